The lowest BCUT2D eigenvalue weighted by atomic mass is 9.74. The lowest BCUT2D eigenvalue weighted by Crippen LogP contribution is -2.53. The topological polar surface area (TPSA) is 56.5 Å². The highest BCUT2D eigenvalue weighted by Crippen LogP contribution is 2.35. The van der Waals surface area contributed by atoms with Gasteiger partial charge in [0.05, 0.1) is 6.04 Å². The third-order valence-electron chi connectivity index (χ3n) is 4.10. The number of ether oxygens (including phenoxy) is 2. The summed E-state index contributed by atoms with van der Waals surface area (Å²) in [6, 6.07) is 0.107. The third kappa shape index (κ3) is 4.19. The summed E-state index contributed by atoms with van der Waals surface area (Å²) < 4.78 is 11.4. The molecule has 0 aromatic rings. The van der Waals surface area contributed by atoms with Crippen LogP contribution in [0.2, 0.25) is 0 Å². The molecular weight excluding hydrogens is 228 g/mol. The Morgan fingerprint density at radius 1 is 1.11 bits per heavy atom. The van der Waals surface area contributed by atoms with E-state index in [0.29, 0.717) is 19.1 Å². The Morgan fingerprint density at radius 2 is 1.72 bits per heavy atom. The van der Waals surface area contributed by atoms with E-state index in [-0.39, 0.29) is 12.3 Å². The van der Waals surface area contributed by atoms with Gasteiger partial charge < -0.3 is 9.47 Å². The van der Waals surface area contributed by atoms with E-state index in [9.17, 15) is 0 Å². The molecule has 0 spiro atoms. The van der Waals surface area contributed by atoms with Crippen molar-refractivity contribution < 1.29 is 9.47 Å². The van der Waals surface area contributed by atoms with Gasteiger partial charge in [0.25, 0.3) is 0 Å². The lowest BCUT2D eigenvalue weighted by molar-refractivity contribution is -0.168. The minimum atomic E-state index is -0.220. The number of hydrogen-bond acceptors (Lipinski definition) is 4. The van der Waals surface area contributed by atoms with Crippen LogP contribution < -0.4 is 11.3 Å². The van der Waals surface area contributed by atoms with E-state index in [0.717, 1.165) is 5.92 Å². The number of nitrogens with two attached hydrogens (primary N) is 1. The number of hydrogen-bond donors (Lipinski definition) is 2. The van der Waals surface area contributed by atoms with Crippen molar-refractivity contribution in [3.05, 3.63) is 0 Å². The van der Waals surface area contributed by atoms with Crippen LogP contribution in [0.25, 0.3) is 0 Å². The van der Waals surface area contributed by atoms with Crippen LogP contribution >= 0.6 is 0 Å². The van der Waals surface area contributed by atoms with Gasteiger partial charge in [-0.3, -0.25) is 11.3 Å². The second kappa shape index (κ2) is 8.86. The molecule has 0 amide bonds. The van der Waals surface area contributed by atoms with Crippen LogP contribution in [0.1, 0.15) is 52.9 Å². The zero-order valence-corrected chi connectivity index (χ0v) is 12.2. The minimum Gasteiger partial charge on any atom is -0.351 e. The summed E-state index contributed by atoms with van der Waals surface area (Å²) in [6.45, 7) is 7.58. The number of rotatable bonds is 8. The van der Waals surface area contributed by atoms with Crippen LogP contribution in [0, 0.1) is 11.8 Å². The fourth-order valence-corrected chi connectivity index (χ4v) is 3.20. The maximum atomic E-state index is 5.77. The average Bonchev–Trinajstić information content (AvgIpc) is 2.40. The third-order valence-corrected chi connectivity index (χ3v) is 4.10. The van der Waals surface area contributed by atoms with E-state index in [4.69, 9.17) is 15.3 Å². The maximum absolute atomic E-state index is 5.77. The summed E-state index contributed by atoms with van der Waals surface area (Å²) in [4.78, 5) is 0. The molecular formula is C14H30N2O2. The molecule has 0 aromatic carbocycles. The van der Waals surface area contributed by atoms with Gasteiger partial charge in [-0.1, -0.05) is 32.6 Å². The van der Waals surface area contributed by atoms with Crippen molar-refractivity contribution in [2.75, 3.05) is 13.2 Å². The predicted molar refractivity (Wildman–Crippen MR) is 73.9 cm³/mol. The highest BCUT2D eigenvalue weighted by atomic mass is 16.7. The van der Waals surface area contributed by atoms with Gasteiger partial charge in [-0.05, 0) is 32.1 Å². The number of nitrogens with one attached hydrogen (secondary N) is 1. The van der Waals surface area contributed by atoms with Crippen LogP contribution in [0.3, 0.4) is 0 Å². The Hall–Kier alpha value is -0.160. The maximum Gasteiger partial charge on any atom is 0.174 e. The van der Waals surface area contributed by atoms with Crippen molar-refractivity contribution in [3.8, 4) is 0 Å². The lowest BCUT2D eigenvalue weighted by Gasteiger charge is -2.39. The molecule has 18 heavy (non-hydrogen) atoms. The molecule has 108 valence electrons. The Morgan fingerprint density at radius 3 is 2.22 bits per heavy atom. The van der Waals surface area contributed by atoms with Crippen molar-refractivity contribution in [3.63, 3.8) is 0 Å². The van der Waals surface area contributed by atoms with Crippen molar-refractivity contribution in [2.45, 2.75) is 65.2 Å². The van der Waals surface area contributed by atoms with Gasteiger partial charge in [0.2, 0.25) is 0 Å². The van der Waals surface area contributed by atoms with E-state index >= 15 is 0 Å². The Labute approximate surface area is 112 Å². The van der Waals surface area contributed by atoms with Crippen LogP contribution in [0.5, 0.6) is 0 Å². The average molecular weight is 258 g/mol. The number of hydrazine groups is 1. The molecule has 3 atom stereocenters. The summed E-state index contributed by atoms with van der Waals surface area (Å²) >= 11 is 0. The van der Waals surface area contributed by atoms with Gasteiger partial charge in [0.15, 0.2) is 6.29 Å². The molecule has 4 heteroatoms. The van der Waals surface area contributed by atoms with Crippen molar-refractivity contribution in [1.82, 2.24) is 5.43 Å². The van der Waals surface area contributed by atoms with E-state index in [1.165, 1.54) is 32.1 Å². The molecule has 0 saturated heterocycles. The Bertz CT molecular complexity index is 208. The second-order valence-corrected chi connectivity index (χ2v) is 5.09. The Balaban J connectivity index is 2.70. The molecule has 3 N–H and O–H groups in total. The quantitative estimate of drug-likeness (QED) is 0.399. The first-order valence-corrected chi connectivity index (χ1v) is 7.47. The van der Waals surface area contributed by atoms with Gasteiger partial charge in [-0.25, -0.2) is 0 Å². The molecule has 0 aliphatic heterocycles. The highest BCUT2D eigenvalue weighted by Gasteiger charge is 2.35. The van der Waals surface area contributed by atoms with Crippen molar-refractivity contribution in [1.29, 1.82) is 0 Å². The fraction of sp³-hybridized carbons (Fsp3) is 1.00. The molecule has 0 heterocycles. The predicted octanol–water partition coefficient (Wildman–Crippen LogP) is 2.43. The molecule has 1 aliphatic carbocycles. The zero-order chi connectivity index (χ0) is 13.4. The van der Waals surface area contributed by atoms with Crippen LogP contribution in [-0.4, -0.2) is 25.5 Å². The first kappa shape index (κ1) is 15.9. The molecule has 3 unspecified atom stereocenters. The molecule has 1 aliphatic rings. The van der Waals surface area contributed by atoms with Gasteiger partial charge in [0, 0.05) is 13.2 Å². The summed E-state index contributed by atoms with van der Waals surface area (Å²) in [5, 5.41) is 0. The van der Waals surface area contributed by atoms with Crippen molar-refractivity contribution in [2.24, 2.45) is 17.7 Å². The normalized spacial score (nSPS) is 26.5. The van der Waals surface area contributed by atoms with Crippen LogP contribution in [-0.2, 0) is 9.47 Å². The SMILES string of the molecule is CCOC(OCC)C(NN)C1CCCCC1CC. The summed E-state index contributed by atoms with van der Waals surface area (Å²) in [7, 11) is 0. The molecule has 0 radical (unpaired) electrons. The largest absolute Gasteiger partial charge is 0.351 e. The first-order chi connectivity index (χ1) is 8.78. The standard InChI is InChI=1S/C14H30N2O2/c1-4-11-9-7-8-10-12(11)13(16-15)14(17-5-2)18-6-3/h11-14,16H,4-10,15H2,1-3H3. The highest BCUT2D eigenvalue weighted by molar-refractivity contribution is 4.85. The zero-order valence-electron chi connectivity index (χ0n) is 12.2. The minimum absolute atomic E-state index is 0.107. The van der Waals surface area contributed by atoms with E-state index in [1.54, 1.807) is 0 Å². The molecule has 4 nitrogen and oxygen atoms in total. The monoisotopic (exact) mass is 258 g/mol. The summed E-state index contributed by atoms with van der Waals surface area (Å²) in [5.41, 5.74) is 2.96. The first-order valence-electron chi connectivity index (χ1n) is 7.47. The summed E-state index contributed by atoms with van der Waals surface area (Å²) in [6.07, 6.45) is 6.18. The molecule has 1 fully saturated rings. The van der Waals surface area contributed by atoms with Crippen LogP contribution in [0.4, 0.5) is 0 Å². The molecule has 1 saturated carbocycles. The van der Waals surface area contributed by atoms with Crippen LogP contribution in [0.15, 0.2) is 0 Å². The smallest absolute Gasteiger partial charge is 0.174 e. The van der Waals surface area contributed by atoms with Gasteiger partial charge in [-0.15, -0.1) is 0 Å². The van der Waals surface area contributed by atoms with Crippen molar-refractivity contribution >= 4 is 0 Å². The van der Waals surface area contributed by atoms with E-state index in [2.05, 4.69) is 12.3 Å². The van der Waals surface area contributed by atoms with Gasteiger partial charge >= 0.3 is 0 Å². The molecule has 1 rings (SSSR count). The second-order valence-electron chi connectivity index (χ2n) is 5.09. The fourth-order valence-electron chi connectivity index (χ4n) is 3.20. The molecule has 0 bridgehead atoms. The van der Waals surface area contributed by atoms with Gasteiger partial charge in [-0.2, -0.15) is 0 Å². The Kier molecular flexibility index (Phi) is 7.82. The summed E-state index contributed by atoms with van der Waals surface area (Å²) in [5.74, 6) is 7.08. The van der Waals surface area contributed by atoms with E-state index < -0.39 is 0 Å². The van der Waals surface area contributed by atoms with Gasteiger partial charge in [0.1, 0.15) is 0 Å². The molecule has 0 aromatic heterocycles. The van der Waals surface area contributed by atoms with E-state index in [1.807, 2.05) is 13.8 Å².